The minimum absolute atomic E-state index is 0.224. The Morgan fingerprint density at radius 2 is 1.97 bits per heavy atom. The molecule has 5 rings (SSSR count). The van der Waals surface area contributed by atoms with E-state index in [0.717, 1.165) is 31.7 Å². The van der Waals surface area contributed by atoms with Crippen molar-refractivity contribution in [3.05, 3.63) is 75.4 Å². The van der Waals surface area contributed by atoms with E-state index in [9.17, 15) is 4.79 Å². The van der Waals surface area contributed by atoms with E-state index < -0.39 is 0 Å². The van der Waals surface area contributed by atoms with Crippen LogP contribution < -0.4 is 15.5 Å². The molecule has 36 heavy (non-hydrogen) atoms. The maximum atomic E-state index is 13.2. The molecule has 2 N–H and O–H groups in total. The van der Waals surface area contributed by atoms with Gasteiger partial charge < -0.3 is 15.5 Å². The first kappa shape index (κ1) is 25.0. The average molecular weight is 542 g/mol. The van der Waals surface area contributed by atoms with Gasteiger partial charge in [0.15, 0.2) is 0 Å². The lowest BCUT2D eigenvalue weighted by Crippen LogP contribution is -2.35. The van der Waals surface area contributed by atoms with Crippen molar-refractivity contribution in [2.75, 3.05) is 43.3 Å². The van der Waals surface area contributed by atoms with Crippen molar-refractivity contribution in [3.8, 4) is 0 Å². The van der Waals surface area contributed by atoms with Gasteiger partial charge in [0.05, 0.1) is 27.2 Å². The van der Waals surface area contributed by atoms with Crippen molar-refractivity contribution in [2.45, 2.75) is 18.0 Å². The molecule has 0 aliphatic carbocycles. The Balaban J connectivity index is 1.39. The molecule has 0 fully saturated rings. The zero-order chi connectivity index (χ0) is 25.2. The first-order chi connectivity index (χ1) is 17.4. The van der Waals surface area contributed by atoms with Gasteiger partial charge in [0.1, 0.15) is 5.03 Å². The van der Waals surface area contributed by atoms with Crippen LogP contribution in [0.15, 0.2) is 53.7 Å². The summed E-state index contributed by atoms with van der Waals surface area (Å²) < 4.78 is 0. The fourth-order valence-corrected chi connectivity index (χ4v) is 5.92. The maximum absolute atomic E-state index is 13.2. The molecule has 1 aromatic heterocycles. The Morgan fingerprint density at radius 1 is 1.17 bits per heavy atom. The Bertz CT molecular complexity index is 1330. The van der Waals surface area contributed by atoms with E-state index in [2.05, 4.69) is 63.9 Å². The number of amides is 1. The van der Waals surface area contributed by atoms with Crippen molar-refractivity contribution >= 4 is 63.8 Å². The Hall–Kier alpha value is -2.62. The number of carbonyl (C=O) groups is 1. The van der Waals surface area contributed by atoms with Crippen LogP contribution in [-0.4, -0.2) is 53.8 Å². The van der Waals surface area contributed by atoms with Crippen LogP contribution in [0, 0.1) is 0 Å². The molecule has 0 bridgehead atoms. The quantitative estimate of drug-likeness (QED) is 0.390. The van der Waals surface area contributed by atoms with Crippen LogP contribution in [0.25, 0.3) is 5.57 Å². The number of benzene rings is 2. The molecule has 1 amide bonds. The number of para-hydroxylation sites is 1. The van der Waals surface area contributed by atoms with E-state index in [0.29, 0.717) is 38.1 Å². The molecule has 10 heteroatoms. The van der Waals surface area contributed by atoms with Gasteiger partial charge in [-0.2, -0.15) is 0 Å². The molecule has 0 atom stereocenters. The van der Waals surface area contributed by atoms with Gasteiger partial charge in [0.25, 0.3) is 5.91 Å². The minimum atomic E-state index is -0.224. The number of nitrogens with one attached hydrogen (secondary N) is 2. The SMILES string of the molecule is CN(C)Cc1cc(Nc2ncc3c(n2)SCN(c2c(Cl)cccc2Cl)C3=O)ccc1C1=CCNCC1. The van der Waals surface area contributed by atoms with Crippen LogP contribution in [0.3, 0.4) is 0 Å². The zero-order valence-electron chi connectivity index (χ0n) is 20.0. The molecule has 3 aromatic rings. The van der Waals surface area contributed by atoms with Crippen molar-refractivity contribution in [2.24, 2.45) is 0 Å². The molecule has 3 heterocycles. The Labute approximate surface area is 224 Å². The first-order valence-corrected chi connectivity index (χ1v) is 13.4. The largest absolute Gasteiger partial charge is 0.324 e. The summed E-state index contributed by atoms with van der Waals surface area (Å²) in [4.78, 5) is 26.0. The molecule has 186 valence electrons. The first-order valence-electron chi connectivity index (χ1n) is 11.6. The molecule has 2 aliphatic heterocycles. The van der Waals surface area contributed by atoms with Crippen LogP contribution in [0.1, 0.15) is 27.9 Å². The highest BCUT2D eigenvalue weighted by atomic mass is 35.5. The number of hydrogen-bond acceptors (Lipinski definition) is 7. The van der Waals surface area contributed by atoms with Gasteiger partial charge in [-0.15, -0.1) is 0 Å². The molecular weight excluding hydrogens is 515 g/mol. The number of nitrogens with zero attached hydrogens (tertiary/aromatic N) is 4. The van der Waals surface area contributed by atoms with Gasteiger partial charge in [0, 0.05) is 25.0 Å². The summed E-state index contributed by atoms with van der Waals surface area (Å²) in [5, 5.41) is 8.18. The molecule has 0 saturated carbocycles. The predicted octanol–water partition coefficient (Wildman–Crippen LogP) is 5.68. The normalized spacial score (nSPS) is 15.6. The second-order valence-corrected chi connectivity index (χ2v) is 10.7. The maximum Gasteiger partial charge on any atom is 0.263 e. The molecule has 0 saturated heterocycles. The van der Waals surface area contributed by atoms with Gasteiger partial charge in [-0.3, -0.25) is 9.69 Å². The highest BCUT2D eigenvalue weighted by Crippen LogP contribution is 2.39. The van der Waals surface area contributed by atoms with Gasteiger partial charge in [-0.25, -0.2) is 9.97 Å². The Kier molecular flexibility index (Phi) is 7.50. The number of hydrogen-bond donors (Lipinski definition) is 2. The molecule has 0 radical (unpaired) electrons. The third kappa shape index (κ3) is 5.23. The molecule has 2 aromatic carbocycles. The predicted molar refractivity (Wildman–Crippen MR) is 149 cm³/mol. The zero-order valence-corrected chi connectivity index (χ0v) is 22.3. The second-order valence-electron chi connectivity index (χ2n) is 8.91. The highest BCUT2D eigenvalue weighted by molar-refractivity contribution is 7.99. The number of anilines is 3. The van der Waals surface area contributed by atoms with Crippen molar-refractivity contribution in [1.82, 2.24) is 20.2 Å². The lowest BCUT2D eigenvalue weighted by molar-refractivity contribution is 0.0985. The summed E-state index contributed by atoms with van der Waals surface area (Å²) in [6.45, 7) is 2.72. The van der Waals surface area contributed by atoms with E-state index >= 15 is 0 Å². The summed E-state index contributed by atoms with van der Waals surface area (Å²) in [7, 11) is 4.14. The third-order valence-corrected chi connectivity index (χ3v) is 7.61. The lowest BCUT2D eigenvalue weighted by atomic mass is 9.94. The van der Waals surface area contributed by atoms with Crippen LogP contribution in [0.2, 0.25) is 10.0 Å². The smallest absolute Gasteiger partial charge is 0.263 e. The number of thioether (sulfide) groups is 1. The van der Waals surface area contributed by atoms with E-state index in [1.165, 1.54) is 28.5 Å². The van der Waals surface area contributed by atoms with Crippen LogP contribution >= 0.6 is 35.0 Å². The van der Waals surface area contributed by atoms with Gasteiger partial charge in [0.2, 0.25) is 5.95 Å². The summed E-state index contributed by atoms with van der Waals surface area (Å²) in [6, 6.07) is 11.6. The number of rotatable bonds is 6. The van der Waals surface area contributed by atoms with Gasteiger partial charge in [-0.05, 0) is 68.0 Å². The summed E-state index contributed by atoms with van der Waals surface area (Å²) in [5.74, 6) is 0.582. The number of aromatic nitrogens is 2. The van der Waals surface area contributed by atoms with Crippen LogP contribution in [-0.2, 0) is 6.54 Å². The van der Waals surface area contributed by atoms with E-state index in [1.807, 2.05) is 0 Å². The third-order valence-electron chi connectivity index (χ3n) is 6.03. The van der Waals surface area contributed by atoms with Gasteiger partial charge in [-0.1, -0.05) is 53.2 Å². The van der Waals surface area contributed by atoms with E-state index in [-0.39, 0.29) is 5.91 Å². The summed E-state index contributed by atoms with van der Waals surface area (Å²) in [5.41, 5.74) is 5.73. The fraction of sp³-hybridized carbons (Fsp3) is 0.269. The van der Waals surface area contributed by atoms with Crippen LogP contribution in [0.4, 0.5) is 17.3 Å². The molecule has 0 spiro atoms. The summed E-state index contributed by atoms with van der Waals surface area (Å²) in [6.07, 6.45) is 4.85. The molecular formula is C26H26Cl2N6OS. The Morgan fingerprint density at radius 3 is 2.69 bits per heavy atom. The number of carbonyl (C=O) groups excluding carboxylic acids is 1. The fourth-order valence-electron chi connectivity index (χ4n) is 4.38. The van der Waals surface area contributed by atoms with Crippen molar-refractivity contribution < 1.29 is 4.79 Å². The van der Waals surface area contributed by atoms with Gasteiger partial charge >= 0.3 is 0 Å². The van der Waals surface area contributed by atoms with E-state index in [1.54, 1.807) is 29.3 Å². The topological polar surface area (TPSA) is 73.4 Å². The summed E-state index contributed by atoms with van der Waals surface area (Å²) >= 11 is 14.1. The standard InChI is InChI=1S/C26H26Cl2N6OS/c1-33(2)14-17-12-18(6-7-19(17)16-8-10-29-11-9-16)31-26-30-13-20-24(32-26)36-15-34(25(20)35)23-21(27)4-3-5-22(23)28/h3-8,12-13,29H,9-11,14-15H2,1-2H3,(H,30,31,32). The molecule has 7 nitrogen and oxygen atoms in total. The van der Waals surface area contributed by atoms with Crippen LogP contribution in [0.5, 0.6) is 0 Å². The molecule has 0 unspecified atom stereocenters. The number of halogens is 2. The van der Waals surface area contributed by atoms with Crippen molar-refractivity contribution in [1.29, 1.82) is 0 Å². The highest BCUT2D eigenvalue weighted by Gasteiger charge is 2.30. The van der Waals surface area contributed by atoms with Crippen molar-refractivity contribution in [3.63, 3.8) is 0 Å². The molecule has 2 aliphatic rings. The average Bonchev–Trinajstić information content (AvgIpc) is 2.85. The lowest BCUT2D eigenvalue weighted by Gasteiger charge is -2.28. The monoisotopic (exact) mass is 540 g/mol. The minimum Gasteiger partial charge on any atom is -0.324 e. The second kappa shape index (κ2) is 10.8. The van der Waals surface area contributed by atoms with E-state index in [4.69, 9.17) is 23.2 Å². The number of fused-ring (bicyclic) bond motifs is 1.